The van der Waals surface area contributed by atoms with Crippen LogP contribution in [0.5, 0.6) is 0 Å². The Morgan fingerprint density at radius 1 is 1.25 bits per heavy atom. The highest BCUT2D eigenvalue weighted by Crippen LogP contribution is 1.88. The average molecular weight is 168 g/mol. The van der Waals surface area contributed by atoms with Crippen LogP contribution in [0.4, 0.5) is 0 Å². The summed E-state index contributed by atoms with van der Waals surface area (Å²) in [5.41, 5.74) is 0. The van der Waals surface area contributed by atoms with Crippen LogP contribution in [-0.4, -0.2) is 36.1 Å². The summed E-state index contributed by atoms with van der Waals surface area (Å²) < 4.78 is 0. The second-order valence-electron chi connectivity index (χ2n) is 2.71. The number of hydrogen-bond acceptors (Lipinski definition) is 4. The van der Waals surface area contributed by atoms with Gasteiger partial charge in [-0.05, 0) is 13.8 Å². The van der Waals surface area contributed by atoms with Crippen LogP contribution in [0, 0.1) is 11.3 Å². The normalized spacial score (nSPS) is 9.50. The second-order valence-corrected chi connectivity index (χ2v) is 2.71. The molecular weight excluding hydrogens is 156 g/mol. The Labute approximate surface area is 71.8 Å². The molecule has 0 spiro atoms. The number of rotatable bonds is 5. The molecule has 4 nitrogen and oxygen atoms in total. The zero-order valence-corrected chi connectivity index (χ0v) is 7.33. The molecule has 0 aromatic rings. The fourth-order valence-electron chi connectivity index (χ4n) is 0.897. The lowest BCUT2D eigenvalue weighted by Crippen LogP contribution is -2.33. The van der Waals surface area contributed by atoms with Crippen molar-refractivity contribution >= 4 is 11.6 Å². The number of nitrogens with zero attached hydrogens (tertiary/aromatic N) is 2. The van der Waals surface area contributed by atoms with Crippen LogP contribution in [-0.2, 0) is 9.59 Å². The van der Waals surface area contributed by atoms with Gasteiger partial charge in [0.25, 0.3) is 0 Å². The molecular formula is C8H12N2O2. The molecule has 0 fully saturated rings. The molecule has 0 aliphatic rings. The molecule has 66 valence electrons. The molecule has 0 bridgehead atoms. The third kappa shape index (κ3) is 5.57. The van der Waals surface area contributed by atoms with Crippen LogP contribution >= 0.6 is 0 Å². The van der Waals surface area contributed by atoms with Gasteiger partial charge in [-0.2, -0.15) is 5.26 Å². The van der Waals surface area contributed by atoms with E-state index in [0.717, 1.165) is 0 Å². The zero-order valence-electron chi connectivity index (χ0n) is 7.33. The first-order valence-corrected chi connectivity index (χ1v) is 3.64. The minimum atomic E-state index is -0.0356. The van der Waals surface area contributed by atoms with E-state index >= 15 is 0 Å². The summed E-state index contributed by atoms with van der Waals surface area (Å²) in [7, 11) is 0. The number of carbonyl (C=O) groups excluding carboxylic acids is 2. The van der Waals surface area contributed by atoms with E-state index in [9.17, 15) is 9.59 Å². The van der Waals surface area contributed by atoms with E-state index < -0.39 is 0 Å². The van der Waals surface area contributed by atoms with Crippen molar-refractivity contribution in [1.29, 1.82) is 5.26 Å². The number of carbonyl (C=O) groups is 2. The molecule has 0 unspecified atom stereocenters. The Bertz CT molecular complexity index is 202. The van der Waals surface area contributed by atoms with E-state index in [-0.39, 0.29) is 31.2 Å². The van der Waals surface area contributed by atoms with Gasteiger partial charge in [-0.15, -0.1) is 0 Å². The SMILES string of the molecule is CC(=O)CN(CC#N)CC(C)=O. The number of nitriles is 1. The first-order chi connectivity index (χ1) is 5.56. The third-order valence-corrected chi connectivity index (χ3v) is 1.19. The van der Waals surface area contributed by atoms with Gasteiger partial charge >= 0.3 is 0 Å². The summed E-state index contributed by atoms with van der Waals surface area (Å²) in [6.07, 6.45) is 0. The largest absolute Gasteiger partial charge is 0.299 e. The molecule has 0 saturated heterocycles. The summed E-state index contributed by atoms with van der Waals surface area (Å²) in [6, 6.07) is 1.90. The maximum Gasteiger partial charge on any atom is 0.143 e. The van der Waals surface area contributed by atoms with E-state index in [4.69, 9.17) is 5.26 Å². The van der Waals surface area contributed by atoms with Gasteiger partial charge in [0.1, 0.15) is 11.6 Å². The summed E-state index contributed by atoms with van der Waals surface area (Å²) in [5.74, 6) is -0.0713. The van der Waals surface area contributed by atoms with Crippen molar-refractivity contribution < 1.29 is 9.59 Å². The lowest BCUT2D eigenvalue weighted by Gasteiger charge is -2.14. The van der Waals surface area contributed by atoms with Gasteiger partial charge in [0.2, 0.25) is 0 Å². The molecule has 0 aromatic carbocycles. The fourth-order valence-corrected chi connectivity index (χ4v) is 0.897. The van der Waals surface area contributed by atoms with Gasteiger partial charge in [0.05, 0.1) is 25.7 Å². The van der Waals surface area contributed by atoms with E-state index in [1.807, 2.05) is 6.07 Å². The van der Waals surface area contributed by atoms with Crippen molar-refractivity contribution in [2.24, 2.45) is 0 Å². The van der Waals surface area contributed by atoms with Crippen molar-refractivity contribution in [2.75, 3.05) is 19.6 Å². The Balaban J connectivity index is 3.96. The standard InChI is InChI=1S/C8H12N2O2/c1-7(11)5-10(4-3-9)6-8(2)12/h4-6H2,1-2H3. The summed E-state index contributed by atoms with van der Waals surface area (Å²) >= 11 is 0. The molecule has 0 aliphatic heterocycles. The van der Waals surface area contributed by atoms with Gasteiger partial charge in [-0.1, -0.05) is 0 Å². The monoisotopic (exact) mass is 168 g/mol. The van der Waals surface area contributed by atoms with Crippen LogP contribution in [0.3, 0.4) is 0 Å². The maximum atomic E-state index is 10.6. The van der Waals surface area contributed by atoms with Gasteiger partial charge < -0.3 is 0 Å². The van der Waals surface area contributed by atoms with Gasteiger partial charge in [0.15, 0.2) is 0 Å². The van der Waals surface area contributed by atoms with Crippen LogP contribution in [0.1, 0.15) is 13.8 Å². The Hall–Kier alpha value is -1.21. The summed E-state index contributed by atoms with van der Waals surface area (Å²) in [5, 5.41) is 8.35. The van der Waals surface area contributed by atoms with Crippen molar-refractivity contribution in [3.05, 3.63) is 0 Å². The minimum Gasteiger partial charge on any atom is -0.299 e. The maximum absolute atomic E-state index is 10.6. The van der Waals surface area contributed by atoms with Gasteiger partial charge in [-0.25, -0.2) is 0 Å². The fraction of sp³-hybridized carbons (Fsp3) is 0.625. The number of Topliss-reactive ketones (excluding diaryl/α,β-unsaturated/α-hetero) is 2. The molecule has 0 radical (unpaired) electrons. The minimum absolute atomic E-state index is 0.0356. The molecule has 0 rings (SSSR count). The highest BCUT2D eigenvalue weighted by molar-refractivity contribution is 5.80. The molecule has 12 heavy (non-hydrogen) atoms. The van der Waals surface area contributed by atoms with Crippen LogP contribution in [0.25, 0.3) is 0 Å². The number of hydrogen-bond donors (Lipinski definition) is 0. The predicted octanol–water partition coefficient (Wildman–Crippen LogP) is -0.0100. The average Bonchev–Trinajstić information content (AvgIpc) is 1.84. The van der Waals surface area contributed by atoms with E-state index in [1.165, 1.54) is 18.7 Å². The molecule has 0 saturated carbocycles. The molecule has 0 amide bonds. The van der Waals surface area contributed by atoms with E-state index in [2.05, 4.69) is 0 Å². The highest BCUT2D eigenvalue weighted by Gasteiger charge is 2.08. The second kappa shape index (κ2) is 5.44. The molecule has 0 aliphatic carbocycles. The molecule has 0 N–H and O–H groups in total. The van der Waals surface area contributed by atoms with E-state index in [1.54, 1.807) is 0 Å². The quantitative estimate of drug-likeness (QED) is 0.542. The van der Waals surface area contributed by atoms with Crippen molar-refractivity contribution in [3.63, 3.8) is 0 Å². The summed E-state index contributed by atoms with van der Waals surface area (Å²) in [6.45, 7) is 3.34. The van der Waals surface area contributed by atoms with Crippen LogP contribution < -0.4 is 0 Å². The van der Waals surface area contributed by atoms with E-state index in [0.29, 0.717) is 0 Å². The van der Waals surface area contributed by atoms with Gasteiger partial charge in [0, 0.05) is 0 Å². The van der Waals surface area contributed by atoms with Crippen molar-refractivity contribution in [3.8, 4) is 6.07 Å². The smallest absolute Gasteiger partial charge is 0.143 e. The number of ketones is 2. The van der Waals surface area contributed by atoms with Crippen LogP contribution in [0.2, 0.25) is 0 Å². The Morgan fingerprint density at radius 3 is 1.92 bits per heavy atom. The summed E-state index contributed by atoms with van der Waals surface area (Å²) in [4.78, 5) is 22.8. The lowest BCUT2D eigenvalue weighted by molar-refractivity contribution is -0.120. The zero-order chi connectivity index (χ0) is 9.56. The first-order valence-electron chi connectivity index (χ1n) is 3.64. The molecule has 4 heteroatoms. The lowest BCUT2D eigenvalue weighted by atomic mass is 10.3. The highest BCUT2D eigenvalue weighted by atomic mass is 16.1. The first kappa shape index (κ1) is 10.8. The van der Waals surface area contributed by atoms with Gasteiger partial charge in [-0.3, -0.25) is 14.5 Å². The predicted molar refractivity (Wildman–Crippen MR) is 43.4 cm³/mol. The molecule has 0 heterocycles. The van der Waals surface area contributed by atoms with Crippen molar-refractivity contribution in [2.45, 2.75) is 13.8 Å². The molecule has 0 atom stereocenters. The third-order valence-electron chi connectivity index (χ3n) is 1.19. The Kier molecular flexibility index (Phi) is 4.89. The van der Waals surface area contributed by atoms with Crippen molar-refractivity contribution in [1.82, 2.24) is 4.90 Å². The van der Waals surface area contributed by atoms with Crippen LogP contribution in [0.15, 0.2) is 0 Å². The molecule has 0 aromatic heterocycles. The topological polar surface area (TPSA) is 61.2 Å². The Morgan fingerprint density at radius 2 is 1.67 bits per heavy atom.